The summed E-state index contributed by atoms with van der Waals surface area (Å²) in [6, 6.07) is 22.8. The zero-order valence-electron chi connectivity index (χ0n) is 15.2. The maximum absolute atomic E-state index is 12.8. The van der Waals surface area contributed by atoms with Crippen molar-refractivity contribution in [3.63, 3.8) is 0 Å². The van der Waals surface area contributed by atoms with E-state index in [1.165, 1.54) is 12.1 Å². The van der Waals surface area contributed by atoms with Crippen LogP contribution in [-0.4, -0.2) is 5.71 Å². The van der Waals surface area contributed by atoms with Crippen molar-refractivity contribution in [2.45, 2.75) is 18.6 Å². The number of halogens is 4. The fourth-order valence-corrected chi connectivity index (χ4v) is 3.14. The first-order chi connectivity index (χ1) is 13.9. The molecule has 0 heterocycles. The first-order valence-electron chi connectivity index (χ1n) is 8.82. The molecule has 0 aliphatic carbocycles. The molecule has 2 nitrogen and oxygen atoms in total. The van der Waals surface area contributed by atoms with Crippen LogP contribution >= 0.6 is 11.6 Å². The molecule has 0 bridgehead atoms. The first kappa shape index (κ1) is 20.6. The number of nitriles is 1. The van der Waals surface area contributed by atoms with E-state index in [2.05, 4.69) is 4.99 Å². The zero-order valence-corrected chi connectivity index (χ0v) is 16.0. The van der Waals surface area contributed by atoms with Gasteiger partial charge in [-0.15, -0.1) is 0 Å². The van der Waals surface area contributed by atoms with Crippen LogP contribution in [0.3, 0.4) is 0 Å². The lowest BCUT2D eigenvalue weighted by Gasteiger charge is -2.15. The van der Waals surface area contributed by atoms with Crippen LogP contribution in [0.4, 0.5) is 13.2 Å². The number of hydrogen-bond donors (Lipinski definition) is 0. The van der Waals surface area contributed by atoms with Gasteiger partial charge in [0.25, 0.3) is 0 Å². The molecule has 146 valence electrons. The van der Waals surface area contributed by atoms with E-state index in [4.69, 9.17) is 11.6 Å². The molecule has 0 saturated carbocycles. The minimum Gasteiger partial charge on any atom is -0.265 e. The molecular weight excluding hydrogens is 397 g/mol. The predicted molar refractivity (Wildman–Crippen MR) is 108 cm³/mol. The van der Waals surface area contributed by atoms with E-state index in [1.54, 1.807) is 6.07 Å². The summed E-state index contributed by atoms with van der Waals surface area (Å²) in [5.41, 5.74) is 1.39. The molecule has 1 atom stereocenters. The van der Waals surface area contributed by atoms with E-state index >= 15 is 0 Å². The Bertz CT molecular complexity index is 1040. The molecule has 0 amide bonds. The van der Waals surface area contributed by atoms with Crippen LogP contribution in [0.15, 0.2) is 83.9 Å². The lowest BCUT2D eigenvalue weighted by atomic mass is 9.98. The van der Waals surface area contributed by atoms with E-state index in [0.717, 1.165) is 23.3 Å². The molecule has 0 saturated heterocycles. The van der Waals surface area contributed by atoms with E-state index < -0.39 is 17.8 Å². The van der Waals surface area contributed by atoms with Crippen LogP contribution in [0.5, 0.6) is 0 Å². The normalized spacial score (nSPS) is 13.0. The molecule has 0 radical (unpaired) electrons. The highest BCUT2D eigenvalue weighted by Gasteiger charge is 2.30. The van der Waals surface area contributed by atoms with Crippen LogP contribution < -0.4 is 0 Å². The Hall–Kier alpha value is -3.10. The van der Waals surface area contributed by atoms with Gasteiger partial charge in [-0.3, -0.25) is 4.99 Å². The second-order valence-electron chi connectivity index (χ2n) is 6.39. The Morgan fingerprint density at radius 2 is 1.55 bits per heavy atom. The topological polar surface area (TPSA) is 36.1 Å². The fraction of sp³-hybridized carbons (Fsp3) is 0.130. The minimum absolute atomic E-state index is 0.0691. The Morgan fingerprint density at radius 1 is 0.931 bits per heavy atom. The number of alkyl halides is 3. The summed E-state index contributed by atoms with van der Waals surface area (Å²) < 4.78 is 38.4. The molecule has 0 fully saturated rings. The van der Waals surface area contributed by atoms with Gasteiger partial charge in [0.15, 0.2) is 0 Å². The van der Waals surface area contributed by atoms with Gasteiger partial charge in [-0.05, 0) is 29.3 Å². The predicted octanol–water partition coefficient (Wildman–Crippen LogP) is 6.66. The van der Waals surface area contributed by atoms with Crippen molar-refractivity contribution < 1.29 is 13.2 Å². The van der Waals surface area contributed by atoms with Crippen LogP contribution in [0, 0.1) is 11.3 Å². The highest BCUT2D eigenvalue weighted by atomic mass is 35.5. The first-order valence-corrected chi connectivity index (χ1v) is 9.20. The van der Waals surface area contributed by atoms with Crippen LogP contribution in [0.25, 0.3) is 0 Å². The molecule has 0 spiro atoms. The minimum atomic E-state index is -4.43. The fourth-order valence-electron chi connectivity index (χ4n) is 2.93. The van der Waals surface area contributed by atoms with Crippen molar-refractivity contribution in [3.05, 3.63) is 106 Å². The monoisotopic (exact) mass is 412 g/mol. The Kier molecular flexibility index (Phi) is 6.36. The summed E-state index contributed by atoms with van der Waals surface area (Å²) in [6.45, 7) is 0. The smallest absolute Gasteiger partial charge is 0.265 e. The number of rotatable bonds is 5. The molecular formula is C23H16ClF3N2. The highest BCUT2D eigenvalue weighted by Crippen LogP contribution is 2.30. The standard InChI is InChI=1S/C23H16ClF3N2/c24-20-9-5-4-8-18(20)14-21(16-6-2-1-3-7-16)29-22(15-28)17-10-12-19(13-11-17)23(25,26)27/h1-13,21H,14H2/b29-22+/t21-/m1/s1. The van der Waals surface area contributed by atoms with Gasteiger partial charge in [0.05, 0.1) is 11.6 Å². The largest absolute Gasteiger partial charge is 0.416 e. The molecule has 3 aromatic carbocycles. The van der Waals surface area contributed by atoms with E-state index in [1.807, 2.05) is 54.6 Å². The van der Waals surface area contributed by atoms with Crippen LogP contribution in [0.2, 0.25) is 5.02 Å². The Balaban J connectivity index is 1.99. The van der Waals surface area contributed by atoms with Gasteiger partial charge in [0.2, 0.25) is 0 Å². The van der Waals surface area contributed by atoms with Gasteiger partial charge in [0, 0.05) is 17.0 Å². The second kappa shape index (κ2) is 8.93. The summed E-state index contributed by atoms with van der Waals surface area (Å²) in [5.74, 6) is 0. The zero-order chi connectivity index (χ0) is 20.9. The molecule has 3 aromatic rings. The van der Waals surface area contributed by atoms with Gasteiger partial charge in [0.1, 0.15) is 11.8 Å². The van der Waals surface area contributed by atoms with E-state index in [-0.39, 0.29) is 5.71 Å². The van der Waals surface area contributed by atoms with Crippen molar-refractivity contribution in [3.8, 4) is 6.07 Å². The summed E-state index contributed by atoms with van der Waals surface area (Å²) in [7, 11) is 0. The summed E-state index contributed by atoms with van der Waals surface area (Å²) in [5, 5.41) is 10.2. The SMILES string of the molecule is N#C/C(=N\[C@H](Cc1ccccc1Cl)c1ccccc1)c1ccc(C(F)(F)F)cc1. The quantitative estimate of drug-likeness (QED) is 0.432. The molecule has 0 aromatic heterocycles. The average Bonchev–Trinajstić information content (AvgIpc) is 2.72. The van der Waals surface area contributed by atoms with Crippen molar-refractivity contribution in [2.75, 3.05) is 0 Å². The molecule has 6 heteroatoms. The molecule has 29 heavy (non-hydrogen) atoms. The van der Waals surface area contributed by atoms with Gasteiger partial charge < -0.3 is 0 Å². The maximum atomic E-state index is 12.8. The van der Waals surface area contributed by atoms with E-state index in [0.29, 0.717) is 17.0 Å². The van der Waals surface area contributed by atoms with Crippen molar-refractivity contribution in [1.82, 2.24) is 0 Å². The second-order valence-corrected chi connectivity index (χ2v) is 6.79. The van der Waals surface area contributed by atoms with Gasteiger partial charge in [-0.25, -0.2) is 0 Å². The molecule has 3 rings (SSSR count). The number of nitrogens with zero attached hydrogens (tertiary/aromatic N) is 2. The summed E-state index contributed by atoms with van der Waals surface area (Å²) in [4.78, 5) is 4.58. The maximum Gasteiger partial charge on any atom is 0.416 e. The molecule has 0 N–H and O–H groups in total. The Morgan fingerprint density at radius 3 is 2.14 bits per heavy atom. The third-order valence-electron chi connectivity index (χ3n) is 4.43. The van der Waals surface area contributed by atoms with Crippen molar-refractivity contribution >= 4 is 17.3 Å². The van der Waals surface area contributed by atoms with Gasteiger partial charge in [-0.2, -0.15) is 18.4 Å². The summed E-state index contributed by atoms with van der Waals surface area (Å²) in [6.07, 6.45) is -3.98. The van der Waals surface area contributed by atoms with Crippen LogP contribution in [0.1, 0.15) is 28.3 Å². The van der Waals surface area contributed by atoms with Gasteiger partial charge >= 0.3 is 6.18 Å². The number of hydrogen-bond acceptors (Lipinski definition) is 2. The average molecular weight is 413 g/mol. The Labute approximate surface area is 171 Å². The molecule has 0 aliphatic heterocycles. The lowest BCUT2D eigenvalue weighted by Crippen LogP contribution is -2.08. The van der Waals surface area contributed by atoms with Gasteiger partial charge in [-0.1, -0.05) is 72.3 Å². The molecule has 0 aliphatic rings. The number of benzene rings is 3. The third kappa shape index (κ3) is 5.24. The summed E-state index contributed by atoms with van der Waals surface area (Å²) >= 11 is 6.28. The molecule has 0 unspecified atom stereocenters. The van der Waals surface area contributed by atoms with E-state index in [9.17, 15) is 18.4 Å². The number of aliphatic imine (C=N–C) groups is 1. The highest BCUT2D eigenvalue weighted by molar-refractivity contribution is 6.31. The third-order valence-corrected chi connectivity index (χ3v) is 4.80. The van der Waals surface area contributed by atoms with Crippen molar-refractivity contribution in [1.29, 1.82) is 5.26 Å². The lowest BCUT2D eigenvalue weighted by molar-refractivity contribution is -0.137. The van der Waals surface area contributed by atoms with Crippen LogP contribution in [-0.2, 0) is 12.6 Å². The van der Waals surface area contributed by atoms with Crippen molar-refractivity contribution in [2.24, 2.45) is 4.99 Å².